The average molecular weight is 402 g/mol. The molecule has 0 saturated carbocycles. The Hall–Kier alpha value is -2.58. The summed E-state index contributed by atoms with van der Waals surface area (Å²) in [5.74, 6) is 1.50. The largest absolute Gasteiger partial charge is 0.497 e. The number of carbonyl (C=O) groups is 1. The lowest BCUT2D eigenvalue weighted by Gasteiger charge is -2.32. The van der Waals surface area contributed by atoms with Crippen LogP contribution < -0.4 is 14.8 Å². The van der Waals surface area contributed by atoms with Crippen molar-refractivity contribution in [1.29, 1.82) is 0 Å². The van der Waals surface area contributed by atoms with E-state index >= 15 is 0 Å². The van der Waals surface area contributed by atoms with E-state index in [0.29, 0.717) is 22.8 Å². The van der Waals surface area contributed by atoms with Gasteiger partial charge in [0, 0.05) is 44.8 Å². The zero-order valence-corrected chi connectivity index (χ0v) is 17.6. The van der Waals surface area contributed by atoms with Gasteiger partial charge in [-0.25, -0.2) is 0 Å². The van der Waals surface area contributed by atoms with E-state index in [0.717, 1.165) is 39.1 Å². The van der Waals surface area contributed by atoms with Crippen LogP contribution in [-0.2, 0) is 0 Å². The zero-order valence-electron chi connectivity index (χ0n) is 17.6. The number of methoxy groups -OCH3 is 2. The van der Waals surface area contributed by atoms with Gasteiger partial charge in [-0.3, -0.25) is 4.79 Å². The molecule has 8 nitrogen and oxygen atoms in total. The molecule has 8 heteroatoms. The quantitative estimate of drug-likeness (QED) is 0.724. The maximum absolute atomic E-state index is 12.6. The molecule has 1 aromatic heterocycles. The van der Waals surface area contributed by atoms with Gasteiger partial charge in [-0.05, 0) is 38.6 Å². The van der Waals surface area contributed by atoms with Crippen LogP contribution in [0.15, 0.2) is 28.8 Å². The first-order valence-electron chi connectivity index (χ1n) is 9.91. The van der Waals surface area contributed by atoms with Crippen molar-refractivity contribution in [2.75, 3.05) is 54.0 Å². The minimum absolute atomic E-state index is 0.0497. The van der Waals surface area contributed by atoms with Crippen LogP contribution in [0.1, 0.15) is 23.8 Å². The molecule has 3 rings (SSSR count). The van der Waals surface area contributed by atoms with Crippen molar-refractivity contribution in [2.45, 2.75) is 19.4 Å². The van der Waals surface area contributed by atoms with Crippen LogP contribution >= 0.6 is 0 Å². The molecular weight excluding hydrogens is 372 g/mol. The number of amides is 1. The summed E-state index contributed by atoms with van der Waals surface area (Å²) in [5.41, 5.74) is 0.929. The van der Waals surface area contributed by atoms with E-state index in [4.69, 9.17) is 14.0 Å². The number of nitrogens with zero attached hydrogens (tertiary/aromatic N) is 3. The van der Waals surface area contributed by atoms with Gasteiger partial charge in [0.1, 0.15) is 11.5 Å². The summed E-state index contributed by atoms with van der Waals surface area (Å²) < 4.78 is 16.0. The Labute approximate surface area is 171 Å². The number of nitrogens with one attached hydrogen (secondary N) is 1. The summed E-state index contributed by atoms with van der Waals surface area (Å²) in [6.07, 6.45) is 0.893. The molecule has 1 saturated heterocycles. The first-order valence-corrected chi connectivity index (χ1v) is 9.91. The SMILES string of the molecule is COc1ccc(OC)c(-c2cc(C(=O)N[C@H](C)CCN3CCN(C)CC3)no2)c1. The van der Waals surface area contributed by atoms with Crippen molar-refractivity contribution in [1.82, 2.24) is 20.3 Å². The van der Waals surface area contributed by atoms with Gasteiger partial charge in [0.05, 0.1) is 19.8 Å². The third-order valence-electron chi connectivity index (χ3n) is 5.27. The number of piperazine rings is 1. The van der Waals surface area contributed by atoms with E-state index in [2.05, 4.69) is 27.3 Å². The van der Waals surface area contributed by atoms with Crippen molar-refractivity contribution >= 4 is 5.91 Å². The minimum Gasteiger partial charge on any atom is -0.497 e. The van der Waals surface area contributed by atoms with Crippen molar-refractivity contribution in [3.8, 4) is 22.8 Å². The van der Waals surface area contributed by atoms with Crippen LogP contribution in [-0.4, -0.2) is 80.9 Å². The monoisotopic (exact) mass is 402 g/mol. The van der Waals surface area contributed by atoms with Gasteiger partial charge in [0.2, 0.25) is 0 Å². The maximum Gasteiger partial charge on any atom is 0.273 e. The molecule has 29 heavy (non-hydrogen) atoms. The maximum atomic E-state index is 12.6. The van der Waals surface area contributed by atoms with Crippen molar-refractivity contribution < 1.29 is 18.8 Å². The minimum atomic E-state index is -0.243. The van der Waals surface area contributed by atoms with E-state index in [1.54, 1.807) is 38.5 Å². The zero-order chi connectivity index (χ0) is 20.8. The molecule has 2 aromatic rings. The van der Waals surface area contributed by atoms with E-state index < -0.39 is 0 Å². The predicted octanol–water partition coefficient (Wildman–Crippen LogP) is 2.11. The molecule has 158 valence electrons. The van der Waals surface area contributed by atoms with Crippen molar-refractivity contribution in [2.24, 2.45) is 0 Å². The number of benzene rings is 1. The molecule has 1 amide bonds. The van der Waals surface area contributed by atoms with Gasteiger partial charge in [-0.15, -0.1) is 0 Å². The van der Waals surface area contributed by atoms with Crippen LogP contribution in [0, 0.1) is 0 Å². The highest BCUT2D eigenvalue weighted by atomic mass is 16.5. The first kappa shape index (κ1) is 21.1. The average Bonchev–Trinajstić information content (AvgIpc) is 3.23. The molecule has 1 aromatic carbocycles. The molecule has 1 aliphatic heterocycles. The van der Waals surface area contributed by atoms with Crippen LogP contribution in [0.2, 0.25) is 0 Å². The van der Waals surface area contributed by atoms with E-state index in [-0.39, 0.29) is 17.6 Å². The lowest BCUT2D eigenvalue weighted by Crippen LogP contribution is -2.46. The number of carbonyl (C=O) groups excluding carboxylic acids is 1. The summed E-state index contributed by atoms with van der Waals surface area (Å²) >= 11 is 0. The number of hydrogen-bond acceptors (Lipinski definition) is 7. The molecule has 0 spiro atoms. The standard InChI is InChI=1S/C21H30N4O4/c1-15(7-8-25-11-9-24(2)10-12-25)22-21(26)18-14-20(29-23-18)17-13-16(27-3)5-6-19(17)28-4/h5-6,13-15H,7-12H2,1-4H3,(H,22,26)/t15-/m1/s1. The summed E-state index contributed by atoms with van der Waals surface area (Å²) in [6, 6.07) is 7.05. The first-order chi connectivity index (χ1) is 14.0. The molecule has 0 aliphatic carbocycles. The highest BCUT2D eigenvalue weighted by Gasteiger charge is 2.19. The molecule has 1 fully saturated rings. The van der Waals surface area contributed by atoms with Crippen LogP contribution in [0.3, 0.4) is 0 Å². The summed E-state index contributed by atoms with van der Waals surface area (Å²) in [4.78, 5) is 17.3. The Morgan fingerprint density at radius 1 is 1.21 bits per heavy atom. The number of aromatic nitrogens is 1. The molecule has 1 N–H and O–H groups in total. The van der Waals surface area contributed by atoms with E-state index in [1.165, 1.54) is 0 Å². The van der Waals surface area contributed by atoms with Crippen LogP contribution in [0.5, 0.6) is 11.5 Å². The topological polar surface area (TPSA) is 80.1 Å². The van der Waals surface area contributed by atoms with Crippen LogP contribution in [0.4, 0.5) is 0 Å². The Morgan fingerprint density at radius 2 is 1.97 bits per heavy atom. The molecule has 2 heterocycles. The third kappa shape index (κ3) is 5.48. The fourth-order valence-electron chi connectivity index (χ4n) is 3.33. The molecule has 0 unspecified atom stereocenters. The highest BCUT2D eigenvalue weighted by Crippen LogP contribution is 2.33. The fourth-order valence-corrected chi connectivity index (χ4v) is 3.33. The van der Waals surface area contributed by atoms with Gasteiger partial charge >= 0.3 is 0 Å². The number of hydrogen-bond donors (Lipinski definition) is 1. The van der Waals surface area contributed by atoms with Crippen molar-refractivity contribution in [3.63, 3.8) is 0 Å². The molecular formula is C21H30N4O4. The van der Waals surface area contributed by atoms with Gasteiger partial charge in [0.15, 0.2) is 11.5 Å². The molecule has 1 aliphatic rings. The van der Waals surface area contributed by atoms with Crippen molar-refractivity contribution in [3.05, 3.63) is 30.0 Å². The van der Waals surface area contributed by atoms with Gasteiger partial charge < -0.3 is 29.1 Å². The Bertz CT molecular complexity index is 815. The number of likely N-dealkylation sites (N-methyl/N-ethyl adjacent to an activating group) is 1. The smallest absolute Gasteiger partial charge is 0.273 e. The summed E-state index contributed by atoms with van der Waals surface area (Å²) in [7, 11) is 5.32. The highest BCUT2D eigenvalue weighted by molar-refractivity contribution is 5.93. The lowest BCUT2D eigenvalue weighted by molar-refractivity contribution is 0.0922. The third-order valence-corrected chi connectivity index (χ3v) is 5.27. The van der Waals surface area contributed by atoms with E-state index in [1.807, 2.05) is 6.92 Å². The second-order valence-electron chi connectivity index (χ2n) is 7.45. The fraction of sp³-hybridized carbons (Fsp3) is 0.524. The molecule has 0 bridgehead atoms. The van der Waals surface area contributed by atoms with Gasteiger partial charge in [0.25, 0.3) is 5.91 Å². The van der Waals surface area contributed by atoms with E-state index in [9.17, 15) is 4.79 Å². The summed E-state index contributed by atoms with van der Waals surface area (Å²) in [5, 5.41) is 6.94. The lowest BCUT2D eigenvalue weighted by atomic mass is 10.1. The molecule has 0 radical (unpaired) electrons. The Kier molecular flexibility index (Phi) is 7.11. The van der Waals surface area contributed by atoms with Gasteiger partial charge in [-0.1, -0.05) is 5.16 Å². The van der Waals surface area contributed by atoms with Crippen LogP contribution in [0.25, 0.3) is 11.3 Å². The van der Waals surface area contributed by atoms with Gasteiger partial charge in [-0.2, -0.15) is 0 Å². The predicted molar refractivity (Wildman–Crippen MR) is 111 cm³/mol. The number of ether oxygens (including phenoxy) is 2. The Balaban J connectivity index is 1.58. The normalized spacial score (nSPS) is 16.4. The number of rotatable bonds is 8. The Morgan fingerprint density at radius 3 is 2.66 bits per heavy atom. The molecule has 1 atom stereocenters. The second-order valence-corrected chi connectivity index (χ2v) is 7.45. The second kappa shape index (κ2) is 9.76. The summed E-state index contributed by atoms with van der Waals surface area (Å²) in [6.45, 7) is 7.32.